The third kappa shape index (κ3) is 4.19. The van der Waals surface area contributed by atoms with Crippen LogP contribution >= 0.6 is 0 Å². The third-order valence-electron chi connectivity index (χ3n) is 4.10. The summed E-state index contributed by atoms with van der Waals surface area (Å²) in [5.74, 6) is 0.0144. The van der Waals surface area contributed by atoms with Gasteiger partial charge in [0.25, 0.3) is 0 Å². The number of piperidine rings is 1. The molecule has 1 aliphatic heterocycles. The van der Waals surface area contributed by atoms with Crippen molar-refractivity contribution < 1.29 is 9.53 Å². The van der Waals surface area contributed by atoms with Crippen molar-refractivity contribution in [2.45, 2.75) is 25.9 Å². The summed E-state index contributed by atoms with van der Waals surface area (Å²) in [5.41, 5.74) is 2.22. The lowest BCUT2D eigenvalue weighted by atomic mass is 10.1. The van der Waals surface area contributed by atoms with E-state index >= 15 is 0 Å². The highest BCUT2D eigenvalue weighted by Crippen LogP contribution is 2.16. The van der Waals surface area contributed by atoms with Gasteiger partial charge in [-0.3, -0.25) is 4.79 Å². The molecule has 1 aliphatic rings. The molecule has 1 unspecified atom stereocenters. The van der Waals surface area contributed by atoms with Crippen molar-refractivity contribution in [2.75, 3.05) is 13.1 Å². The van der Waals surface area contributed by atoms with Gasteiger partial charge in [0.15, 0.2) is 0 Å². The lowest BCUT2D eigenvalue weighted by molar-refractivity contribution is -0.128. The van der Waals surface area contributed by atoms with E-state index in [2.05, 4.69) is 9.97 Å². The van der Waals surface area contributed by atoms with E-state index in [0.717, 1.165) is 30.5 Å². The number of likely N-dealkylation sites (tertiary alicyclic amines) is 1. The van der Waals surface area contributed by atoms with Crippen LogP contribution in [0.3, 0.4) is 0 Å². The highest BCUT2D eigenvalue weighted by molar-refractivity contribution is 5.92. The molecule has 1 saturated heterocycles. The molecule has 0 saturated carbocycles. The number of nitrogens with zero attached hydrogens (tertiary/aromatic N) is 3. The standard InChI is InChI=1S/C19H21N3O2/c1-15-6-2-3-7-16(15)9-10-18(23)22-13-4-8-17(14-22)24-19-20-11-5-12-21-19/h2-3,5-7,9-12,17H,4,8,13-14H2,1H3/b10-9+. The van der Waals surface area contributed by atoms with Gasteiger partial charge in [-0.1, -0.05) is 24.3 Å². The summed E-state index contributed by atoms with van der Waals surface area (Å²) in [6, 6.07) is 10.1. The first-order chi connectivity index (χ1) is 11.7. The van der Waals surface area contributed by atoms with Gasteiger partial charge in [0.05, 0.1) is 6.54 Å². The molecule has 1 fully saturated rings. The van der Waals surface area contributed by atoms with E-state index in [1.165, 1.54) is 0 Å². The highest BCUT2D eigenvalue weighted by atomic mass is 16.5. The van der Waals surface area contributed by atoms with Crippen LogP contribution in [0.2, 0.25) is 0 Å². The van der Waals surface area contributed by atoms with Gasteiger partial charge in [-0.25, -0.2) is 9.97 Å². The zero-order valence-corrected chi connectivity index (χ0v) is 13.8. The van der Waals surface area contributed by atoms with Crippen LogP contribution in [-0.2, 0) is 4.79 Å². The molecular formula is C19H21N3O2. The Morgan fingerprint density at radius 2 is 2.04 bits per heavy atom. The molecule has 1 atom stereocenters. The Balaban J connectivity index is 1.60. The number of aryl methyl sites for hydroxylation is 1. The average molecular weight is 323 g/mol. The van der Waals surface area contributed by atoms with Gasteiger partial charge < -0.3 is 9.64 Å². The van der Waals surface area contributed by atoms with Gasteiger partial charge in [-0.2, -0.15) is 0 Å². The minimum atomic E-state index is -0.0584. The molecule has 0 bridgehead atoms. The van der Waals surface area contributed by atoms with Crippen LogP contribution in [0.1, 0.15) is 24.0 Å². The van der Waals surface area contributed by atoms with Crippen LogP contribution in [0.15, 0.2) is 48.8 Å². The van der Waals surface area contributed by atoms with Crippen molar-refractivity contribution in [2.24, 2.45) is 0 Å². The predicted molar refractivity (Wildman–Crippen MR) is 92.5 cm³/mol. The van der Waals surface area contributed by atoms with E-state index in [1.807, 2.05) is 42.2 Å². The maximum Gasteiger partial charge on any atom is 0.316 e. The summed E-state index contributed by atoms with van der Waals surface area (Å²) in [6.07, 6.45) is 8.59. The molecule has 0 radical (unpaired) electrons. The maximum atomic E-state index is 12.4. The molecule has 0 aliphatic carbocycles. The normalized spacial score (nSPS) is 17.9. The Labute approximate surface area is 142 Å². The first-order valence-corrected chi connectivity index (χ1v) is 8.18. The topological polar surface area (TPSA) is 55.3 Å². The average Bonchev–Trinajstić information content (AvgIpc) is 2.62. The Morgan fingerprint density at radius 1 is 1.25 bits per heavy atom. The van der Waals surface area contributed by atoms with Crippen LogP contribution in [-0.4, -0.2) is 40.0 Å². The number of aromatic nitrogens is 2. The van der Waals surface area contributed by atoms with Crippen LogP contribution in [0.5, 0.6) is 6.01 Å². The summed E-state index contributed by atoms with van der Waals surface area (Å²) in [5, 5.41) is 0. The number of carbonyl (C=O) groups excluding carboxylic acids is 1. The molecule has 3 rings (SSSR count). The van der Waals surface area contributed by atoms with Gasteiger partial charge in [0.1, 0.15) is 6.10 Å². The van der Waals surface area contributed by atoms with Crippen molar-refractivity contribution in [3.05, 3.63) is 59.9 Å². The molecule has 2 aromatic rings. The largest absolute Gasteiger partial charge is 0.458 e. The molecule has 0 spiro atoms. The van der Waals surface area contributed by atoms with Crippen LogP contribution in [0.25, 0.3) is 6.08 Å². The number of hydrogen-bond donors (Lipinski definition) is 0. The first-order valence-electron chi connectivity index (χ1n) is 8.18. The fourth-order valence-corrected chi connectivity index (χ4v) is 2.77. The number of rotatable bonds is 4. The summed E-state index contributed by atoms with van der Waals surface area (Å²) >= 11 is 0. The predicted octanol–water partition coefficient (Wildman–Crippen LogP) is 2.87. The van der Waals surface area contributed by atoms with Gasteiger partial charge >= 0.3 is 6.01 Å². The molecule has 2 heterocycles. The fraction of sp³-hybridized carbons (Fsp3) is 0.316. The summed E-state index contributed by atoms with van der Waals surface area (Å²) in [7, 11) is 0. The van der Waals surface area contributed by atoms with Crippen molar-refractivity contribution in [1.29, 1.82) is 0 Å². The number of hydrogen-bond acceptors (Lipinski definition) is 4. The van der Waals surface area contributed by atoms with E-state index in [0.29, 0.717) is 12.6 Å². The van der Waals surface area contributed by atoms with Gasteiger partial charge in [0.2, 0.25) is 5.91 Å². The van der Waals surface area contributed by atoms with Crippen LogP contribution in [0, 0.1) is 6.92 Å². The monoisotopic (exact) mass is 323 g/mol. The minimum absolute atomic E-state index is 0.0144. The Bertz CT molecular complexity index is 716. The summed E-state index contributed by atoms with van der Waals surface area (Å²) < 4.78 is 5.78. The maximum absolute atomic E-state index is 12.4. The lowest BCUT2D eigenvalue weighted by Crippen LogP contribution is -2.43. The van der Waals surface area contributed by atoms with Gasteiger partial charge in [-0.15, -0.1) is 0 Å². The number of carbonyl (C=O) groups is 1. The molecule has 5 heteroatoms. The van der Waals surface area contributed by atoms with Gasteiger partial charge in [-0.05, 0) is 43.0 Å². The third-order valence-corrected chi connectivity index (χ3v) is 4.10. The molecule has 1 aromatic carbocycles. The van der Waals surface area contributed by atoms with Crippen molar-refractivity contribution in [3.8, 4) is 6.01 Å². The number of amides is 1. The number of ether oxygens (including phenoxy) is 1. The second kappa shape index (κ2) is 7.73. The zero-order chi connectivity index (χ0) is 16.8. The van der Waals surface area contributed by atoms with Crippen LogP contribution < -0.4 is 4.74 Å². The SMILES string of the molecule is Cc1ccccc1/C=C/C(=O)N1CCCC(Oc2ncccn2)C1. The second-order valence-electron chi connectivity index (χ2n) is 5.89. The summed E-state index contributed by atoms with van der Waals surface area (Å²) in [4.78, 5) is 22.4. The van der Waals surface area contributed by atoms with Crippen molar-refractivity contribution >= 4 is 12.0 Å². The Morgan fingerprint density at radius 3 is 2.83 bits per heavy atom. The zero-order valence-electron chi connectivity index (χ0n) is 13.8. The van der Waals surface area contributed by atoms with Crippen molar-refractivity contribution in [1.82, 2.24) is 14.9 Å². The Hall–Kier alpha value is -2.69. The minimum Gasteiger partial charge on any atom is -0.458 e. The molecule has 124 valence electrons. The first kappa shape index (κ1) is 16.2. The molecule has 0 N–H and O–H groups in total. The Kier molecular flexibility index (Phi) is 5.21. The van der Waals surface area contributed by atoms with Crippen molar-refractivity contribution in [3.63, 3.8) is 0 Å². The molecular weight excluding hydrogens is 302 g/mol. The molecule has 1 aromatic heterocycles. The van der Waals surface area contributed by atoms with Crippen LogP contribution in [0.4, 0.5) is 0 Å². The quantitative estimate of drug-likeness (QED) is 0.812. The van der Waals surface area contributed by atoms with E-state index in [9.17, 15) is 4.79 Å². The lowest BCUT2D eigenvalue weighted by Gasteiger charge is -2.31. The fourth-order valence-electron chi connectivity index (χ4n) is 2.77. The van der Waals surface area contributed by atoms with E-state index in [4.69, 9.17) is 4.74 Å². The highest BCUT2D eigenvalue weighted by Gasteiger charge is 2.24. The summed E-state index contributed by atoms with van der Waals surface area (Å²) in [6.45, 7) is 3.36. The van der Waals surface area contributed by atoms with Gasteiger partial charge in [0, 0.05) is 25.0 Å². The molecule has 5 nitrogen and oxygen atoms in total. The smallest absolute Gasteiger partial charge is 0.316 e. The van der Waals surface area contributed by atoms with E-state index < -0.39 is 0 Å². The van der Waals surface area contributed by atoms with E-state index in [-0.39, 0.29) is 12.0 Å². The van der Waals surface area contributed by atoms with E-state index in [1.54, 1.807) is 24.5 Å². The number of benzene rings is 1. The molecule has 1 amide bonds. The second-order valence-corrected chi connectivity index (χ2v) is 5.89. The molecule has 24 heavy (non-hydrogen) atoms.